The molecule has 23 heavy (non-hydrogen) atoms. The monoisotopic (exact) mass is 314 g/mol. The van der Waals surface area contributed by atoms with Crippen molar-refractivity contribution in [2.45, 2.75) is 69.0 Å². The molecule has 0 aromatic heterocycles. The average molecular weight is 314 g/mol. The molecule has 124 valence electrons. The van der Waals surface area contributed by atoms with Gasteiger partial charge in [-0.25, -0.2) is 0 Å². The first-order chi connectivity index (χ1) is 11.2. The van der Waals surface area contributed by atoms with Gasteiger partial charge in [-0.15, -0.1) is 6.42 Å². The van der Waals surface area contributed by atoms with Crippen molar-refractivity contribution in [3.05, 3.63) is 23.8 Å². The van der Waals surface area contributed by atoms with Gasteiger partial charge in [-0.1, -0.05) is 12.0 Å². The van der Waals surface area contributed by atoms with Crippen molar-refractivity contribution in [2.24, 2.45) is 0 Å². The lowest BCUT2D eigenvalue weighted by Crippen LogP contribution is -2.34. The number of hydrogen-bond acceptors (Lipinski definition) is 3. The molecular formula is C20H26O3. The van der Waals surface area contributed by atoms with Gasteiger partial charge in [0.05, 0.1) is 24.7 Å². The molecule has 0 bridgehead atoms. The number of hydrogen-bond donors (Lipinski definition) is 1. The second-order valence-electron chi connectivity index (χ2n) is 6.87. The van der Waals surface area contributed by atoms with Crippen LogP contribution in [-0.2, 0) is 5.41 Å². The van der Waals surface area contributed by atoms with Crippen LogP contribution in [0.3, 0.4) is 0 Å². The highest BCUT2D eigenvalue weighted by atomic mass is 16.5. The van der Waals surface area contributed by atoms with Gasteiger partial charge in [0.2, 0.25) is 0 Å². The zero-order valence-electron chi connectivity index (χ0n) is 13.9. The normalized spacial score (nSPS) is 28.3. The Morgan fingerprint density at radius 3 is 2.61 bits per heavy atom. The molecule has 1 aromatic carbocycles. The molecule has 3 heteroatoms. The summed E-state index contributed by atoms with van der Waals surface area (Å²) in [4.78, 5) is 0. The zero-order chi connectivity index (χ0) is 16.3. The topological polar surface area (TPSA) is 38.7 Å². The van der Waals surface area contributed by atoms with Crippen molar-refractivity contribution in [1.82, 2.24) is 0 Å². The van der Waals surface area contributed by atoms with Crippen LogP contribution in [0.25, 0.3) is 0 Å². The Balaban J connectivity index is 1.91. The summed E-state index contributed by atoms with van der Waals surface area (Å²) in [5.74, 6) is 4.50. The van der Waals surface area contributed by atoms with E-state index < -0.39 is 5.41 Å². The molecule has 1 N–H and O–H groups in total. The number of ether oxygens (including phenoxy) is 2. The molecule has 0 spiro atoms. The highest BCUT2D eigenvalue weighted by Gasteiger charge is 2.36. The van der Waals surface area contributed by atoms with Crippen molar-refractivity contribution in [2.75, 3.05) is 7.11 Å². The average Bonchev–Trinajstić information content (AvgIpc) is 3.07. The number of methoxy groups -OCH3 is 1. The summed E-state index contributed by atoms with van der Waals surface area (Å²) in [6.45, 7) is 0. The van der Waals surface area contributed by atoms with Crippen LogP contribution in [0.1, 0.15) is 56.9 Å². The zero-order valence-corrected chi connectivity index (χ0v) is 13.9. The lowest BCUT2D eigenvalue weighted by Gasteiger charge is -2.36. The van der Waals surface area contributed by atoms with Crippen LogP contribution in [0.4, 0.5) is 0 Å². The maximum Gasteiger partial charge on any atom is 0.161 e. The van der Waals surface area contributed by atoms with E-state index in [9.17, 15) is 5.11 Å². The summed E-state index contributed by atoms with van der Waals surface area (Å²) in [7, 11) is 1.66. The standard InChI is InChI=1S/C20H26O3/c1-3-20(12-6-7-16(21)14-20)15-10-11-18(22-2)19(13-15)23-17-8-4-5-9-17/h1,10-11,13,16-17,21H,4-9,12,14H2,2H3/t16-,20+/m0/s1. The highest BCUT2D eigenvalue weighted by Crippen LogP contribution is 2.42. The Bertz CT molecular complexity index is 583. The van der Waals surface area contributed by atoms with Crippen molar-refractivity contribution in [3.8, 4) is 23.8 Å². The molecule has 2 atom stereocenters. The molecule has 2 saturated carbocycles. The molecule has 3 nitrogen and oxygen atoms in total. The summed E-state index contributed by atoms with van der Waals surface area (Å²) in [6.07, 6.45) is 13.8. The Morgan fingerprint density at radius 2 is 1.96 bits per heavy atom. The van der Waals surface area contributed by atoms with Crippen LogP contribution < -0.4 is 9.47 Å². The smallest absolute Gasteiger partial charge is 0.161 e. The number of aliphatic hydroxyl groups is 1. The fraction of sp³-hybridized carbons (Fsp3) is 0.600. The fourth-order valence-electron chi connectivity index (χ4n) is 3.97. The van der Waals surface area contributed by atoms with Crippen LogP contribution >= 0.6 is 0 Å². The molecule has 2 fully saturated rings. The molecule has 0 unspecified atom stereocenters. The predicted octanol–water partition coefficient (Wildman–Crippen LogP) is 3.82. The van der Waals surface area contributed by atoms with Gasteiger partial charge in [-0.3, -0.25) is 0 Å². The summed E-state index contributed by atoms with van der Waals surface area (Å²) >= 11 is 0. The maximum absolute atomic E-state index is 10.1. The van der Waals surface area contributed by atoms with E-state index in [1.807, 2.05) is 18.2 Å². The van der Waals surface area contributed by atoms with Crippen molar-refractivity contribution >= 4 is 0 Å². The van der Waals surface area contributed by atoms with Crippen LogP contribution in [0.15, 0.2) is 18.2 Å². The minimum atomic E-state index is -0.391. The van der Waals surface area contributed by atoms with E-state index in [4.69, 9.17) is 15.9 Å². The molecule has 0 heterocycles. The minimum Gasteiger partial charge on any atom is -0.493 e. The van der Waals surface area contributed by atoms with Gasteiger partial charge >= 0.3 is 0 Å². The minimum absolute atomic E-state index is 0.276. The second kappa shape index (κ2) is 6.84. The Hall–Kier alpha value is -1.66. The summed E-state index contributed by atoms with van der Waals surface area (Å²) in [5, 5.41) is 10.1. The van der Waals surface area contributed by atoms with Crippen LogP contribution in [0.2, 0.25) is 0 Å². The quantitative estimate of drug-likeness (QED) is 0.859. The molecule has 3 rings (SSSR count). The van der Waals surface area contributed by atoms with E-state index >= 15 is 0 Å². The predicted molar refractivity (Wildman–Crippen MR) is 90.9 cm³/mol. The van der Waals surface area contributed by atoms with E-state index in [-0.39, 0.29) is 12.2 Å². The fourth-order valence-corrected chi connectivity index (χ4v) is 3.97. The summed E-state index contributed by atoms with van der Waals surface area (Å²) < 4.78 is 11.6. The Morgan fingerprint density at radius 1 is 1.17 bits per heavy atom. The molecule has 0 saturated heterocycles. The van der Waals surface area contributed by atoms with Gasteiger partial charge in [0.15, 0.2) is 11.5 Å². The SMILES string of the molecule is C#C[C@@]1(c2ccc(OC)c(OC3CCCC3)c2)CCC[C@H](O)C1. The third-order valence-electron chi connectivity index (χ3n) is 5.31. The third kappa shape index (κ3) is 3.33. The van der Waals surface area contributed by atoms with Gasteiger partial charge in [-0.2, -0.15) is 0 Å². The van der Waals surface area contributed by atoms with Crippen molar-refractivity contribution in [3.63, 3.8) is 0 Å². The number of terminal acetylenes is 1. The van der Waals surface area contributed by atoms with E-state index in [1.165, 1.54) is 12.8 Å². The molecule has 0 amide bonds. The summed E-state index contributed by atoms with van der Waals surface area (Å²) in [6, 6.07) is 6.01. The van der Waals surface area contributed by atoms with Crippen LogP contribution in [-0.4, -0.2) is 24.4 Å². The van der Waals surface area contributed by atoms with Crippen molar-refractivity contribution < 1.29 is 14.6 Å². The Kier molecular flexibility index (Phi) is 4.82. The third-order valence-corrected chi connectivity index (χ3v) is 5.31. The first-order valence-corrected chi connectivity index (χ1v) is 8.68. The second-order valence-corrected chi connectivity index (χ2v) is 6.87. The van der Waals surface area contributed by atoms with Crippen LogP contribution in [0.5, 0.6) is 11.5 Å². The molecule has 1 aromatic rings. The molecule has 2 aliphatic rings. The maximum atomic E-state index is 10.1. The first-order valence-electron chi connectivity index (χ1n) is 8.68. The molecular weight excluding hydrogens is 288 g/mol. The van der Waals surface area contributed by atoms with Crippen LogP contribution in [0, 0.1) is 12.3 Å². The Labute approximate surface area is 139 Å². The number of benzene rings is 1. The summed E-state index contributed by atoms with van der Waals surface area (Å²) in [5.41, 5.74) is 0.671. The molecule has 2 aliphatic carbocycles. The first kappa shape index (κ1) is 16.2. The van der Waals surface area contributed by atoms with E-state index in [0.717, 1.165) is 49.2 Å². The van der Waals surface area contributed by atoms with Gasteiger partial charge in [0.25, 0.3) is 0 Å². The van der Waals surface area contributed by atoms with E-state index in [0.29, 0.717) is 6.42 Å². The van der Waals surface area contributed by atoms with Gasteiger partial charge in [-0.05, 0) is 69.1 Å². The van der Waals surface area contributed by atoms with E-state index in [1.54, 1.807) is 7.11 Å². The van der Waals surface area contributed by atoms with E-state index in [2.05, 4.69) is 5.92 Å². The number of aliphatic hydroxyl groups excluding tert-OH is 1. The van der Waals surface area contributed by atoms with Gasteiger partial charge in [0, 0.05) is 0 Å². The largest absolute Gasteiger partial charge is 0.493 e. The lowest BCUT2D eigenvalue weighted by atomic mass is 9.69. The van der Waals surface area contributed by atoms with Gasteiger partial charge in [0.1, 0.15) is 0 Å². The molecule has 0 aliphatic heterocycles. The molecule has 0 radical (unpaired) electrons. The van der Waals surface area contributed by atoms with Gasteiger partial charge < -0.3 is 14.6 Å². The highest BCUT2D eigenvalue weighted by molar-refractivity contribution is 5.48. The lowest BCUT2D eigenvalue weighted by molar-refractivity contribution is 0.103. The van der Waals surface area contributed by atoms with Crippen molar-refractivity contribution in [1.29, 1.82) is 0 Å². The number of rotatable bonds is 4.